The minimum absolute atomic E-state index is 0.0736. The fourth-order valence-electron chi connectivity index (χ4n) is 4.22. The van der Waals surface area contributed by atoms with E-state index in [1.807, 2.05) is 30.3 Å². The summed E-state index contributed by atoms with van der Waals surface area (Å²) < 4.78 is 0. The first kappa shape index (κ1) is 20.8. The molecule has 2 aromatic carbocycles. The smallest absolute Gasteiger partial charge is 0.259 e. The predicted octanol–water partition coefficient (Wildman–Crippen LogP) is 3.52. The average molecular weight is 396 g/mol. The van der Waals surface area contributed by atoms with Gasteiger partial charge in [0.05, 0.1) is 17.3 Å². The maximum absolute atomic E-state index is 13.2. The summed E-state index contributed by atoms with van der Waals surface area (Å²) in [6.07, 6.45) is 1.24. The number of nitrogens with one attached hydrogen (secondary N) is 1. The van der Waals surface area contributed by atoms with Crippen molar-refractivity contribution in [1.82, 2.24) is 5.32 Å². The van der Waals surface area contributed by atoms with Gasteiger partial charge in [0.25, 0.3) is 5.91 Å². The van der Waals surface area contributed by atoms with E-state index in [2.05, 4.69) is 37.9 Å². The zero-order valence-corrected chi connectivity index (χ0v) is 17.8. The first-order chi connectivity index (χ1) is 13.7. The Morgan fingerprint density at radius 1 is 1.24 bits per heavy atom. The van der Waals surface area contributed by atoms with Gasteiger partial charge in [0.1, 0.15) is 6.29 Å². The molecule has 0 bridgehead atoms. The summed E-state index contributed by atoms with van der Waals surface area (Å²) in [5.41, 5.74) is 2.35. The summed E-state index contributed by atoms with van der Waals surface area (Å²) in [5, 5.41) is 4.44. The lowest BCUT2D eigenvalue weighted by molar-refractivity contribution is -0.120. The Kier molecular flexibility index (Phi) is 5.64. The quantitative estimate of drug-likeness (QED) is 0.729. The summed E-state index contributed by atoms with van der Waals surface area (Å²) in [6, 6.07) is 9.02. The number of rotatable bonds is 7. The number of nitrogens with zero attached hydrogens (tertiary/aromatic N) is 2. The molecule has 0 aliphatic carbocycles. The van der Waals surface area contributed by atoms with Gasteiger partial charge >= 0.3 is 0 Å². The molecule has 2 amide bonds. The van der Waals surface area contributed by atoms with Crippen LogP contribution in [-0.4, -0.2) is 43.3 Å². The molecular weight excluding hydrogens is 366 g/mol. The lowest BCUT2D eigenvalue weighted by Gasteiger charge is -2.37. The molecule has 1 N–H and O–H groups in total. The number of anilines is 2. The molecule has 3 rings (SSSR count). The highest BCUT2D eigenvalue weighted by Crippen LogP contribution is 2.43. The highest BCUT2D eigenvalue weighted by atomic mass is 16.2. The molecule has 1 atom stereocenters. The number of carbonyl (C=O) groups is 3. The van der Waals surface area contributed by atoms with Crippen LogP contribution in [0.1, 0.15) is 50.9 Å². The van der Waals surface area contributed by atoms with Gasteiger partial charge in [-0.05, 0) is 52.3 Å². The second-order valence-corrected chi connectivity index (χ2v) is 8.34. The number of hydrogen-bond donors (Lipinski definition) is 1. The van der Waals surface area contributed by atoms with E-state index in [0.717, 1.165) is 35.0 Å². The molecule has 0 radical (unpaired) electrons. The lowest BCUT2D eigenvalue weighted by Crippen LogP contribution is -2.41. The van der Waals surface area contributed by atoms with Gasteiger partial charge in [-0.3, -0.25) is 14.5 Å². The van der Waals surface area contributed by atoms with Crippen LogP contribution in [0.25, 0.3) is 10.8 Å². The van der Waals surface area contributed by atoms with Crippen molar-refractivity contribution in [3.8, 4) is 0 Å². The molecule has 0 saturated carbocycles. The molecule has 0 spiro atoms. The van der Waals surface area contributed by atoms with Crippen LogP contribution in [0.4, 0.5) is 11.4 Å². The Morgan fingerprint density at radius 3 is 2.55 bits per heavy atom. The van der Waals surface area contributed by atoms with Crippen LogP contribution in [-0.2, 0) is 9.59 Å². The molecule has 1 aliphatic rings. The van der Waals surface area contributed by atoms with E-state index >= 15 is 0 Å². The predicted molar refractivity (Wildman–Crippen MR) is 117 cm³/mol. The van der Waals surface area contributed by atoms with E-state index in [1.54, 1.807) is 11.9 Å². The van der Waals surface area contributed by atoms with Gasteiger partial charge in [0, 0.05) is 42.0 Å². The number of aldehydes is 1. The second-order valence-electron chi connectivity index (χ2n) is 8.34. The molecule has 2 aromatic rings. The van der Waals surface area contributed by atoms with Crippen molar-refractivity contribution >= 4 is 40.2 Å². The van der Waals surface area contributed by atoms with Crippen molar-refractivity contribution in [3.05, 3.63) is 35.9 Å². The topological polar surface area (TPSA) is 69.7 Å². The van der Waals surface area contributed by atoms with Crippen LogP contribution in [0, 0.1) is 0 Å². The zero-order chi connectivity index (χ0) is 21.3. The number of carbonyl (C=O) groups excluding carboxylic acids is 3. The van der Waals surface area contributed by atoms with Crippen molar-refractivity contribution < 1.29 is 14.4 Å². The average Bonchev–Trinajstić information content (AvgIpc) is 2.97. The summed E-state index contributed by atoms with van der Waals surface area (Å²) in [6.45, 7) is 9.45. The molecule has 1 aliphatic heterocycles. The Morgan fingerprint density at radius 2 is 1.97 bits per heavy atom. The third-order valence-electron chi connectivity index (χ3n) is 5.56. The molecule has 29 heavy (non-hydrogen) atoms. The van der Waals surface area contributed by atoms with Crippen LogP contribution in [0.5, 0.6) is 0 Å². The Bertz CT molecular complexity index is 962. The molecule has 0 saturated heterocycles. The lowest BCUT2D eigenvalue weighted by atomic mass is 9.99. The fraction of sp³-hybridized carbons (Fsp3) is 0.435. The molecule has 1 unspecified atom stereocenters. The van der Waals surface area contributed by atoms with Gasteiger partial charge in [0.15, 0.2) is 0 Å². The molecular formula is C23H29N3O3. The molecule has 6 heteroatoms. The Hall–Kier alpha value is -2.89. The van der Waals surface area contributed by atoms with Gasteiger partial charge in [-0.15, -0.1) is 0 Å². The van der Waals surface area contributed by atoms with Gasteiger partial charge < -0.3 is 15.0 Å². The van der Waals surface area contributed by atoms with E-state index in [0.29, 0.717) is 5.56 Å². The van der Waals surface area contributed by atoms with Gasteiger partial charge in [-0.2, -0.15) is 0 Å². The van der Waals surface area contributed by atoms with Gasteiger partial charge in [-0.25, -0.2) is 0 Å². The highest BCUT2D eigenvalue weighted by Gasteiger charge is 2.36. The summed E-state index contributed by atoms with van der Waals surface area (Å²) >= 11 is 0. The van der Waals surface area contributed by atoms with Gasteiger partial charge in [-0.1, -0.05) is 12.1 Å². The third-order valence-corrected chi connectivity index (χ3v) is 5.56. The molecule has 0 aromatic heterocycles. The highest BCUT2D eigenvalue weighted by molar-refractivity contribution is 6.27. The van der Waals surface area contributed by atoms with Crippen LogP contribution >= 0.6 is 0 Å². The first-order valence-electron chi connectivity index (χ1n) is 10.1. The Balaban J connectivity index is 2.10. The van der Waals surface area contributed by atoms with Crippen LogP contribution < -0.4 is 15.1 Å². The first-order valence-corrected chi connectivity index (χ1v) is 10.1. The molecule has 1 heterocycles. The minimum atomic E-state index is -0.675. The van der Waals surface area contributed by atoms with E-state index in [1.165, 1.54) is 0 Å². The molecule has 154 valence electrons. The van der Waals surface area contributed by atoms with Crippen molar-refractivity contribution in [3.63, 3.8) is 0 Å². The van der Waals surface area contributed by atoms with Crippen LogP contribution in [0.15, 0.2) is 30.3 Å². The van der Waals surface area contributed by atoms with E-state index in [9.17, 15) is 14.4 Å². The standard InChI is InChI=1S/C23H29N3O3/c1-6-25(23(2,3)4)18-12-11-17-21-16(18)8-7-9-19(21)26(22(17)29)15(14-27)10-13-20(28)24-5/h7-9,11-12,14-15H,6,10,13H2,1-5H3,(H,24,28). The van der Waals surface area contributed by atoms with Crippen molar-refractivity contribution in [2.75, 3.05) is 23.4 Å². The SMILES string of the molecule is CCN(c1ccc2c3c(cccc13)N(C(C=O)CCC(=O)NC)C2=O)C(C)(C)C. The van der Waals surface area contributed by atoms with E-state index in [4.69, 9.17) is 0 Å². The minimum Gasteiger partial charge on any atom is -0.366 e. The molecule has 0 fully saturated rings. The molecule has 6 nitrogen and oxygen atoms in total. The van der Waals surface area contributed by atoms with E-state index in [-0.39, 0.29) is 30.2 Å². The van der Waals surface area contributed by atoms with E-state index < -0.39 is 6.04 Å². The van der Waals surface area contributed by atoms with Crippen LogP contribution in [0.3, 0.4) is 0 Å². The second kappa shape index (κ2) is 7.85. The van der Waals surface area contributed by atoms with Crippen molar-refractivity contribution in [2.24, 2.45) is 0 Å². The van der Waals surface area contributed by atoms with Crippen molar-refractivity contribution in [1.29, 1.82) is 0 Å². The zero-order valence-electron chi connectivity index (χ0n) is 17.8. The van der Waals surface area contributed by atoms with Gasteiger partial charge in [0.2, 0.25) is 5.91 Å². The monoisotopic (exact) mass is 395 g/mol. The summed E-state index contributed by atoms with van der Waals surface area (Å²) in [7, 11) is 1.56. The van der Waals surface area contributed by atoms with Crippen LogP contribution in [0.2, 0.25) is 0 Å². The number of hydrogen-bond acceptors (Lipinski definition) is 4. The normalized spacial score (nSPS) is 14.2. The number of benzene rings is 2. The number of amides is 2. The summed E-state index contributed by atoms with van der Waals surface area (Å²) in [4.78, 5) is 40.5. The maximum atomic E-state index is 13.2. The third kappa shape index (κ3) is 3.59. The Labute approximate surface area is 171 Å². The summed E-state index contributed by atoms with van der Waals surface area (Å²) in [5.74, 6) is -0.333. The fourth-order valence-corrected chi connectivity index (χ4v) is 4.22. The van der Waals surface area contributed by atoms with Crippen molar-refractivity contribution in [2.45, 2.75) is 52.1 Å². The maximum Gasteiger partial charge on any atom is 0.259 e. The largest absolute Gasteiger partial charge is 0.366 e.